The molecule has 2 fully saturated rings. The van der Waals surface area contributed by atoms with Crippen molar-refractivity contribution in [3.63, 3.8) is 0 Å². The Morgan fingerprint density at radius 2 is 2.00 bits per heavy atom. The van der Waals surface area contributed by atoms with E-state index in [1.54, 1.807) is 7.11 Å². The molecule has 2 atom stereocenters. The second-order valence-corrected chi connectivity index (χ2v) is 5.11. The Balaban J connectivity index is 1.94. The maximum Gasteiger partial charge on any atom is 0.123 e. The maximum absolute atomic E-state index is 6.29. The minimum absolute atomic E-state index is 0.242. The van der Waals surface area contributed by atoms with E-state index >= 15 is 0 Å². The van der Waals surface area contributed by atoms with Gasteiger partial charge in [-0.3, -0.25) is 4.90 Å². The first-order chi connectivity index (χ1) is 8.31. The van der Waals surface area contributed by atoms with Crippen LogP contribution in [-0.4, -0.2) is 30.6 Å². The molecule has 0 spiro atoms. The minimum atomic E-state index is 0.242. The number of rotatable bonds is 3. The van der Waals surface area contributed by atoms with Crippen LogP contribution in [0.2, 0.25) is 0 Å². The molecule has 3 nitrogen and oxygen atoms in total. The van der Waals surface area contributed by atoms with Crippen LogP contribution in [0.4, 0.5) is 0 Å². The molecule has 0 bridgehead atoms. The summed E-state index contributed by atoms with van der Waals surface area (Å²) >= 11 is 0. The van der Waals surface area contributed by atoms with E-state index in [9.17, 15) is 0 Å². The first-order valence-corrected chi connectivity index (χ1v) is 6.45. The van der Waals surface area contributed by atoms with Gasteiger partial charge in [-0.15, -0.1) is 0 Å². The number of hydrogen-bond acceptors (Lipinski definition) is 3. The number of nitrogens with zero attached hydrogens (tertiary/aromatic N) is 1. The van der Waals surface area contributed by atoms with Crippen molar-refractivity contribution >= 4 is 0 Å². The molecule has 2 aliphatic rings. The van der Waals surface area contributed by atoms with Crippen LogP contribution in [0.3, 0.4) is 0 Å². The highest BCUT2D eigenvalue weighted by Gasteiger charge is 2.42. The van der Waals surface area contributed by atoms with Crippen molar-refractivity contribution in [3.05, 3.63) is 29.8 Å². The number of benzene rings is 1. The molecule has 3 rings (SSSR count). The van der Waals surface area contributed by atoms with Gasteiger partial charge >= 0.3 is 0 Å². The van der Waals surface area contributed by atoms with Crippen LogP contribution in [0.5, 0.6) is 5.75 Å². The van der Waals surface area contributed by atoms with Gasteiger partial charge in [0.05, 0.1) is 13.2 Å². The zero-order valence-electron chi connectivity index (χ0n) is 10.3. The molecule has 1 aromatic carbocycles. The lowest BCUT2D eigenvalue weighted by molar-refractivity contribution is 0.232. The fourth-order valence-electron chi connectivity index (χ4n) is 2.98. The Morgan fingerprint density at radius 3 is 2.71 bits per heavy atom. The lowest BCUT2D eigenvalue weighted by Gasteiger charge is -2.28. The van der Waals surface area contributed by atoms with Gasteiger partial charge in [0.25, 0.3) is 0 Å². The topological polar surface area (TPSA) is 38.5 Å². The maximum atomic E-state index is 6.29. The van der Waals surface area contributed by atoms with Gasteiger partial charge in [-0.2, -0.15) is 0 Å². The molecule has 1 aliphatic carbocycles. The van der Waals surface area contributed by atoms with E-state index in [1.165, 1.54) is 18.4 Å². The SMILES string of the molecule is COc1ccccc1C1C(N)CCN1C1CC1. The lowest BCUT2D eigenvalue weighted by Crippen LogP contribution is -2.33. The van der Waals surface area contributed by atoms with Crippen LogP contribution in [0.15, 0.2) is 24.3 Å². The van der Waals surface area contributed by atoms with Gasteiger partial charge in [0, 0.05) is 24.2 Å². The number of nitrogens with two attached hydrogens (primary N) is 1. The monoisotopic (exact) mass is 232 g/mol. The van der Waals surface area contributed by atoms with Gasteiger partial charge < -0.3 is 10.5 Å². The summed E-state index contributed by atoms with van der Waals surface area (Å²) < 4.78 is 5.47. The van der Waals surface area contributed by atoms with E-state index in [2.05, 4.69) is 17.0 Å². The molecule has 0 aromatic heterocycles. The van der Waals surface area contributed by atoms with Crippen LogP contribution in [0, 0.1) is 0 Å². The molecule has 2 unspecified atom stereocenters. The van der Waals surface area contributed by atoms with Gasteiger partial charge in [-0.25, -0.2) is 0 Å². The van der Waals surface area contributed by atoms with Crippen LogP contribution in [-0.2, 0) is 0 Å². The molecule has 92 valence electrons. The fraction of sp³-hybridized carbons (Fsp3) is 0.571. The van der Waals surface area contributed by atoms with E-state index in [0.29, 0.717) is 6.04 Å². The molecule has 3 heteroatoms. The Kier molecular flexibility index (Phi) is 2.81. The average molecular weight is 232 g/mol. The van der Waals surface area contributed by atoms with Gasteiger partial charge in [-0.05, 0) is 25.3 Å². The molecule has 0 radical (unpaired) electrons. The minimum Gasteiger partial charge on any atom is -0.496 e. The van der Waals surface area contributed by atoms with E-state index < -0.39 is 0 Å². The summed E-state index contributed by atoms with van der Waals surface area (Å²) in [7, 11) is 1.74. The van der Waals surface area contributed by atoms with E-state index in [4.69, 9.17) is 10.5 Å². The molecular formula is C14H20N2O. The largest absolute Gasteiger partial charge is 0.496 e. The smallest absolute Gasteiger partial charge is 0.123 e. The van der Waals surface area contributed by atoms with Gasteiger partial charge in [0.1, 0.15) is 5.75 Å². The summed E-state index contributed by atoms with van der Waals surface area (Å²) in [5.41, 5.74) is 7.55. The normalized spacial score (nSPS) is 29.5. The highest BCUT2D eigenvalue weighted by atomic mass is 16.5. The molecule has 2 N–H and O–H groups in total. The number of ether oxygens (including phenoxy) is 1. The van der Waals surface area contributed by atoms with Gasteiger partial charge in [-0.1, -0.05) is 18.2 Å². The molecule has 1 aromatic rings. The number of methoxy groups -OCH3 is 1. The van der Waals surface area contributed by atoms with E-state index in [0.717, 1.165) is 24.8 Å². The Hall–Kier alpha value is -1.06. The van der Waals surface area contributed by atoms with Gasteiger partial charge in [0.15, 0.2) is 0 Å². The molecule has 1 aliphatic heterocycles. The molecule has 1 saturated carbocycles. The van der Waals surface area contributed by atoms with Crippen LogP contribution in [0.1, 0.15) is 30.9 Å². The lowest BCUT2D eigenvalue weighted by atomic mass is 9.99. The van der Waals surface area contributed by atoms with Crippen molar-refractivity contribution in [1.82, 2.24) is 4.90 Å². The summed E-state index contributed by atoms with van der Waals surface area (Å²) in [5.74, 6) is 0.973. The van der Waals surface area contributed by atoms with E-state index in [-0.39, 0.29) is 6.04 Å². The summed E-state index contributed by atoms with van der Waals surface area (Å²) in [6, 6.07) is 9.64. The Morgan fingerprint density at radius 1 is 1.24 bits per heavy atom. The quantitative estimate of drug-likeness (QED) is 0.865. The predicted octanol–water partition coefficient (Wildman–Crippen LogP) is 1.93. The molecule has 0 amide bonds. The highest BCUT2D eigenvalue weighted by Crippen LogP contribution is 2.42. The Bertz CT molecular complexity index is 403. The molecule has 1 heterocycles. The summed E-state index contributed by atoms with van der Waals surface area (Å²) in [6.07, 6.45) is 3.76. The van der Waals surface area contributed by atoms with Crippen molar-refractivity contribution in [2.45, 2.75) is 37.4 Å². The number of hydrogen-bond donors (Lipinski definition) is 1. The third-order valence-electron chi connectivity index (χ3n) is 3.96. The summed E-state index contributed by atoms with van der Waals surface area (Å²) in [4.78, 5) is 2.57. The zero-order chi connectivity index (χ0) is 11.8. The van der Waals surface area contributed by atoms with Gasteiger partial charge in [0.2, 0.25) is 0 Å². The molecular weight excluding hydrogens is 212 g/mol. The predicted molar refractivity (Wildman–Crippen MR) is 68.1 cm³/mol. The van der Waals surface area contributed by atoms with Crippen molar-refractivity contribution < 1.29 is 4.74 Å². The first kappa shape index (κ1) is 11.1. The van der Waals surface area contributed by atoms with Crippen LogP contribution < -0.4 is 10.5 Å². The van der Waals surface area contributed by atoms with Crippen LogP contribution in [0.25, 0.3) is 0 Å². The second-order valence-electron chi connectivity index (χ2n) is 5.11. The number of para-hydroxylation sites is 1. The van der Waals surface area contributed by atoms with Crippen molar-refractivity contribution in [2.24, 2.45) is 5.73 Å². The average Bonchev–Trinajstić information content (AvgIpc) is 3.13. The first-order valence-electron chi connectivity index (χ1n) is 6.45. The summed E-state index contributed by atoms with van der Waals surface area (Å²) in [6.45, 7) is 1.13. The summed E-state index contributed by atoms with van der Waals surface area (Å²) in [5, 5.41) is 0. The fourth-order valence-corrected chi connectivity index (χ4v) is 2.98. The highest BCUT2D eigenvalue weighted by molar-refractivity contribution is 5.37. The van der Waals surface area contributed by atoms with Crippen molar-refractivity contribution in [3.8, 4) is 5.75 Å². The molecule has 1 saturated heterocycles. The standard InChI is InChI=1S/C14H20N2O/c1-17-13-5-3-2-4-11(13)14-12(15)8-9-16(14)10-6-7-10/h2-5,10,12,14H,6-9,15H2,1H3. The number of likely N-dealkylation sites (tertiary alicyclic amines) is 1. The van der Waals surface area contributed by atoms with E-state index in [1.807, 2.05) is 12.1 Å². The third kappa shape index (κ3) is 1.94. The van der Waals surface area contributed by atoms with Crippen molar-refractivity contribution in [2.75, 3.05) is 13.7 Å². The third-order valence-corrected chi connectivity index (χ3v) is 3.96. The van der Waals surface area contributed by atoms with Crippen molar-refractivity contribution in [1.29, 1.82) is 0 Å². The second kappa shape index (κ2) is 4.31. The Labute approximate surface area is 103 Å². The zero-order valence-corrected chi connectivity index (χ0v) is 10.3. The van der Waals surface area contributed by atoms with Crippen LogP contribution >= 0.6 is 0 Å². The molecule has 17 heavy (non-hydrogen) atoms.